The fraction of sp³-hybridized carbons (Fsp3) is 0.438. The first-order valence-electron chi connectivity index (χ1n) is 7.60. The Balaban J connectivity index is 1.76. The number of likely N-dealkylation sites (tertiary alicyclic amines) is 1. The molecule has 0 spiro atoms. The number of hydrogen-bond acceptors (Lipinski definition) is 4. The van der Waals surface area contributed by atoms with Gasteiger partial charge in [0.25, 0.3) is 5.91 Å². The van der Waals surface area contributed by atoms with Gasteiger partial charge >= 0.3 is 0 Å². The first-order chi connectivity index (χ1) is 10.7. The molecule has 0 aliphatic carbocycles. The van der Waals surface area contributed by atoms with E-state index in [0.29, 0.717) is 17.3 Å². The molecule has 1 amide bonds. The Bertz CT molecular complexity index is 666. The summed E-state index contributed by atoms with van der Waals surface area (Å²) in [6.45, 7) is 4.47. The van der Waals surface area contributed by atoms with E-state index in [4.69, 9.17) is 0 Å². The minimum atomic E-state index is 0.0905. The molecule has 22 heavy (non-hydrogen) atoms. The van der Waals surface area contributed by atoms with Crippen LogP contribution in [-0.4, -0.2) is 52.7 Å². The number of hydrogen-bond donors (Lipinski definition) is 2. The summed E-state index contributed by atoms with van der Waals surface area (Å²) in [6, 6.07) is 7.54. The molecular formula is C16H21N5O. The standard InChI is InChI=1S/C16H21N5O/c1-11-18-15(20-19-11)13-4-3-5-14(8-13)16(22)21-7-6-12(10-21)9-17-2/h3-5,8,12,17H,6-7,9-10H2,1-2H3,(H,18,19,20)/t12-/m0/s1. The molecule has 2 N–H and O–H groups in total. The summed E-state index contributed by atoms with van der Waals surface area (Å²) in [5, 5.41) is 10.2. The highest BCUT2D eigenvalue weighted by Gasteiger charge is 2.26. The lowest BCUT2D eigenvalue weighted by atomic mass is 10.1. The van der Waals surface area contributed by atoms with Crippen LogP contribution in [0.4, 0.5) is 0 Å². The lowest BCUT2D eigenvalue weighted by Gasteiger charge is -2.17. The molecule has 1 fully saturated rings. The molecular weight excluding hydrogens is 278 g/mol. The van der Waals surface area contributed by atoms with Crippen LogP contribution in [0.5, 0.6) is 0 Å². The Morgan fingerprint density at radius 1 is 1.50 bits per heavy atom. The predicted molar refractivity (Wildman–Crippen MR) is 84.5 cm³/mol. The minimum absolute atomic E-state index is 0.0905. The predicted octanol–water partition coefficient (Wildman–Crippen LogP) is 1.46. The summed E-state index contributed by atoms with van der Waals surface area (Å²) >= 11 is 0. The van der Waals surface area contributed by atoms with E-state index in [-0.39, 0.29) is 5.91 Å². The number of rotatable bonds is 4. The fourth-order valence-corrected chi connectivity index (χ4v) is 2.92. The average Bonchev–Trinajstić information content (AvgIpc) is 3.16. The van der Waals surface area contributed by atoms with E-state index in [0.717, 1.165) is 37.4 Å². The van der Waals surface area contributed by atoms with Crippen LogP contribution in [-0.2, 0) is 0 Å². The van der Waals surface area contributed by atoms with Gasteiger partial charge in [0.05, 0.1) is 0 Å². The quantitative estimate of drug-likeness (QED) is 0.896. The molecule has 0 radical (unpaired) electrons. The number of amides is 1. The molecule has 116 valence electrons. The number of carbonyl (C=O) groups is 1. The van der Waals surface area contributed by atoms with Gasteiger partial charge in [0.15, 0.2) is 5.82 Å². The van der Waals surface area contributed by atoms with E-state index in [1.165, 1.54) is 0 Å². The van der Waals surface area contributed by atoms with Crippen LogP contribution < -0.4 is 5.32 Å². The molecule has 2 aromatic rings. The zero-order chi connectivity index (χ0) is 15.5. The number of carbonyl (C=O) groups excluding carboxylic acids is 1. The molecule has 6 heteroatoms. The Kier molecular flexibility index (Phi) is 4.20. The number of aromatic amines is 1. The van der Waals surface area contributed by atoms with Gasteiger partial charge in [-0.05, 0) is 45.0 Å². The SMILES string of the molecule is CNC[C@@H]1CCN(C(=O)c2cccc(-c3n[nH]c(C)n3)c2)C1. The average molecular weight is 299 g/mol. The van der Waals surface area contributed by atoms with E-state index in [2.05, 4.69) is 20.5 Å². The molecule has 6 nitrogen and oxygen atoms in total. The molecule has 0 unspecified atom stereocenters. The molecule has 0 bridgehead atoms. The zero-order valence-corrected chi connectivity index (χ0v) is 13.0. The van der Waals surface area contributed by atoms with Crippen LogP contribution >= 0.6 is 0 Å². The van der Waals surface area contributed by atoms with Crippen molar-refractivity contribution in [3.8, 4) is 11.4 Å². The highest BCUT2D eigenvalue weighted by atomic mass is 16.2. The highest BCUT2D eigenvalue weighted by molar-refractivity contribution is 5.95. The molecule has 1 saturated heterocycles. The number of nitrogens with zero attached hydrogens (tertiary/aromatic N) is 3. The van der Waals surface area contributed by atoms with Crippen LogP contribution in [0.25, 0.3) is 11.4 Å². The lowest BCUT2D eigenvalue weighted by Crippen LogP contribution is -2.30. The third-order valence-electron chi connectivity index (χ3n) is 4.03. The Hall–Kier alpha value is -2.21. The van der Waals surface area contributed by atoms with Crippen molar-refractivity contribution < 1.29 is 4.79 Å². The Morgan fingerprint density at radius 2 is 2.36 bits per heavy atom. The Labute approximate surface area is 129 Å². The van der Waals surface area contributed by atoms with Crippen molar-refractivity contribution in [3.05, 3.63) is 35.7 Å². The fourth-order valence-electron chi connectivity index (χ4n) is 2.92. The monoisotopic (exact) mass is 299 g/mol. The maximum atomic E-state index is 12.6. The summed E-state index contributed by atoms with van der Waals surface area (Å²) in [5.74, 6) is 2.03. The van der Waals surface area contributed by atoms with Crippen molar-refractivity contribution in [1.82, 2.24) is 25.4 Å². The van der Waals surface area contributed by atoms with Gasteiger partial charge in [-0.3, -0.25) is 9.89 Å². The topological polar surface area (TPSA) is 73.9 Å². The van der Waals surface area contributed by atoms with Crippen molar-refractivity contribution in [1.29, 1.82) is 0 Å². The summed E-state index contributed by atoms with van der Waals surface area (Å²) in [7, 11) is 1.95. The highest BCUT2D eigenvalue weighted by Crippen LogP contribution is 2.21. The van der Waals surface area contributed by atoms with Crippen LogP contribution in [0, 0.1) is 12.8 Å². The summed E-state index contributed by atoms with van der Waals surface area (Å²) in [6.07, 6.45) is 1.06. The van der Waals surface area contributed by atoms with Gasteiger partial charge in [-0.1, -0.05) is 12.1 Å². The number of aromatic nitrogens is 3. The second-order valence-electron chi connectivity index (χ2n) is 5.79. The van der Waals surface area contributed by atoms with Crippen LogP contribution in [0.1, 0.15) is 22.6 Å². The lowest BCUT2D eigenvalue weighted by molar-refractivity contribution is 0.0787. The first-order valence-corrected chi connectivity index (χ1v) is 7.60. The molecule has 1 aromatic carbocycles. The van der Waals surface area contributed by atoms with Crippen molar-refractivity contribution >= 4 is 5.91 Å². The van der Waals surface area contributed by atoms with E-state index in [1.807, 2.05) is 43.1 Å². The van der Waals surface area contributed by atoms with Gasteiger partial charge in [0, 0.05) is 24.2 Å². The van der Waals surface area contributed by atoms with Crippen LogP contribution in [0.3, 0.4) is 0 Å². The summed E-state index contributed by atoms with van der Waals surface area (Å²) in [4.78, 5) is 18.9. The van der Waals surface area contributed by atoms with Gasteiger partial charge in [-0.2, -0.15) is 5.10 Å². The molecule has 1 aliphatic rings. The Morgan fingerprint density at radius 3 is 3.09 bits per heavy atom. The van der Waals surface area contributed by atoms with Gasteiger partial charge in [0.1, 0.15) is 5.82 Å². The molecule has 2 heterocycles. The number of H-pyrrole nitrogens is 1. The van der Waals surface area contributed by atoms with Crippen molar-refractivity contribution in [3.63, 3.8) is 0 Å². The summed E-state index contributed by atoms with van der Waals surface area (Å²) in [5.41, 5.74) is 1.56. The molecule has 0 saturated carbocycles. The first kappa shape index (κ1) is 14.7. The largest absolute Gasteiger partial charge is 0.338 e. The third-order valence-corrected chi connectivity index (χ3v) is 4.03. The van der Waals surface area contributed by atoms with E-state index < -0.39 is 0 Å². The van der Waals surface area contributed by atoms with Gasteiger partial charge < -0.3 is 10.2 Å². The molecule has 1 aliphatic heterocycles. The zero-order valence-electron chi connectivity index (χ0n) is 13.0. The second-order valence-corrected chi connectivity index (χ2v) is 5.79. The number of nitrogens with one attached hydrogen (secondary N) is 2. The molecule has 3 rings (SSSR count). The molecule has 1 aromatic heterocycles. The number of benzene rings is 1. The normalized spacial score (nSPS) is 17.9. The second kappa shape index (κ2) is 6.27. The minimum Gasteiger partial charge on any atom is -0.338 e. The van der Waals surface area contributed by atoms with Crippen LogP contribution in [0.2, 0.25) is 0 Å². The van der Waals surface area contributed by atoms with E-state index >= 15 is 0 Å². The number of aryl methyl sites for hydroxylation is 1. The van der Waals surface area contributed by atoms with Crippen molar-refractivity contribution in [2.24, 2.45) is 5.92 Å². The van der Waals surface area contributed by atoms with Crippen LogP contribution in [0.15, 0.2) is 24.3 Å². The van der Waals surface area contributed by atoms with E-state index in [1.54, 1.807) is 0 Å². The van der Waals surface area contributed by atoms with Gasteiger partial charge in [-0.15, -0.1) is 0 Å². The van der Waals surface area contributed by atoms with Gasteiger partial charge in [0.2, 0.25) is 0 Å². The summed E-state index contributed by atoms with van der Waals surface area (Å²) < 4.78 is 0. The smallest absolute Gasteiger partial charge is 0.253 e. The molecule has 1 atom stereocenters. The van der Waals surface area contributed by atoms with E-state index in [9.17, 15) is 4.79 Å². The van der Waals surface area contributed by atoms with Gasteiger partial charge in [-0.25, -0.2) is 4.98 Å². The van der Waals surface area contributed by atoms with Crippen molar-refractivity contribution in [2.75, 3.05) is 26.7 Å². The maximum absolute atomic E-state index is 12.6. The maximum Gasteiger partial charge on any atom is 0.253 e. The third kappa shape index (κ3) is 3.01. The van der Waals surface area contributed by atoms with Crippen molar-refractivity contribution in [2.45, 2.75) is 13.3 Å².